The van der Waals surface area contributed by atoms with Gasteiger partial charge in [0, 0.05) is 18.2 Å². The second kappa shape index (κ2) is 6.94. The van der Waals surface area contributed by atoms with Gasteiger partial charge in [0.05, 0.1) is 16.1 Å². The number of hydrogen-bond acceptors (Lipinski definition) is 2. The molecule has 0 aliphatic carbocycles. The van der Waals surface area contributed by atoms with E-state index in [0.29, 0.717) is 22.5 Å². The monoisotopic (exact) mass is 301 g/mol. The van der Waals surface area contributed by atoms with Crippen LogP contribution in [-0.4, -0.2) is 29.1 Å². The van der Waals surface area contributed by atoms with Crippen LogP contribution in [0.25, 0.3) is 0 Å². The van der Waals surface area contributed by atoms with Gasteiger partial charge in [0.25, 0.3) is 0 Å². The molecule has 19 heavy (non-hydrogen) atoms. The highest BCUT2D eigenvalue weighted by Crippen LogP contribution is 2.32. The Morgan fingerprint density at radius 1 is 1.42 bits per heavy atom. The highest BCUT2D eigenvalue weighted by Gasteiger charge is 2.23. The molecule has 2 nitrogen and oxygen atoms in total. The SMILES string of the molecule is CCC1CCCN1CCC(O)c1cccc(Cl)c1Cl. The summed E-state index contributed by atoms with van der Waals surface area (Å²) >= 11 is 12.1. The van der Waals surface area contributed by atoms with Crippen molar-refractivity contribution in [1.82, 2.24) is 4.90 Å². The molecule has 0 bridgehead atoms. The molecule has 2 atom stereocenters. The summed E-state index contributed by atoms with van der Waals surface area (Å²) in [6.07, 6.45) is 3.91. The van der Waals surface area contributed by atoms with Crippen molar-refractivity contribution in [2.24, 2.45) is 0 Å². The van der Waals surface area contributed by atoms with Crippen molar-refractivity contribution < 1.29 is 5.11 Å². The zero-order chi connectivity index (χ0) is 13.8. The molecule has 0 radical (unpaired) electrons. The normalized spacial score (nSPS) is 21.8. The van der Waals surface area contributed by atoms with Gasteiger partial charge in [-0.2, -0.15) is 0 Å². The maximum atomic E-state index is 10.3. The van der Waals surface area contributed by atoms with E-state index in [0.717, 1.165) is 18.7 Å². The molecule has 4 heteroatoms. The third kappa shape index (κ3) is 3.63. The molecule has 1 saturated heterocycles. The number of benzene rings is 1. The largest absolute Gasteiger partial charge is 0.388 e. The van der Waals surface area contributed by atoms with Crippen LogP contribution in [0.4, 0.5) is 0 Å². The third-order valence-electron chi connectivity index (χ3n) is 4.00. The molecule has 1 aromatic carbocycles. The lowest BCUT2D eigenvalue weighted by Gasteiger charge is -2.24. The van der Waals surface area contributed by atoms with Crippen molar-refractivity contribution in [2.45, 2.75) is 44.8 Å². The third-order valence-corrected chi connectivity index (χ3v) is 4.83. The maximum absolute atomic E-state index is 10.3. The highest BCUT2D eigenvalue weighted by atomic mass is 35.5. The van der Waals surface area contributed by atoms with Crippen LogP contribution in [0, 0.1) is 0 Å². The summed E-state index contributed by atoms with van der Waals surface area (Å²) in [6, 6.07) is 6.10. The maximum Gasteiger partial charge on any atom is 0.0817 e. The van der Waals surface area contributed by atoms with Crippen molar-refractivity contribution in [1.29, 1.82) is 0 Å². The zero-order valence-corrected chi connectivity index (χ0v) is 12.8. The van der Waals surface area contributed by atoms with Crippen LogP contribution >= 0.6 is 23.2 Å². The lowest BCUT2D eigenvalue weighted by molar-refractivity contribution is 0.137. The average molecular weight is 302 g/mol. The van der Waals surface area contributed by atoms with Crippen LogP contribution in [0.3, 0.4) is 0 Å². The van der Waals surface area contributed by atoms with Crippen molar-refractivity contribution in [3.8, 4) is 0 Å². The molecular weight excluding hydrogens is 281 g/mol. The molecule has 2 unspecified atom stereocenters. The zero-order valence-electron chi connectivity index (χ0n) is 11.3. The molecule has 0 spiro atoms. The molecule has 1 aromatic rings. The summed E-state index contributed by atoms with van der Waals surface area (Å²) in [7, 11) is 0. The Kier molecular flexibility index (Phi) is 5.52. The first-order chi connectivity index (χ1) is 9.13. The molecule has 1 aliphatic rings. The fourth-order valence-electron chi connectivity index (χ4n) is 2.87. The van der Waals surface area contributed by atoms with Crippen LogP contribution in [0.2, 0.25) is 10.0 Å². The van der Waals surface area contributed by atoms with E-state index < -0.39 is 6.10 Å². The van der Waals surface area contributed by atoms with E-state index in [-0.39, 0.29) is 0 Å². The summed E-state index contributed by atoms with van der Waals surface area (Å²) in [6.45, 7) is 4.30. The number of hydrogen-bond donors (Lipinski definition) is 1. The summed E-state index contributed by atoms with van der Waals surface area (Å²) < 4.78 is 0. The van der Waals surface area contributed by atoms with Gasteiger partial charge in [0.15, 0.2) is 0 Å². The Labute approximate surface area is 125 Å². The van der Waals surface area contributed by atoms with Gasteiger partial charge in [-0.1, -0.05) is 42.3 Å². The van der Waals surface area contributed by atoms with E-state index in [1.165, 1.54) is 19.3 Å². The van der Waals surface area contributed by atoms with Crippen LogP contribution in [0.5, 0.6) is 0 Å². The predicted molar refractivity (Wildman–Crippen MR) is 80.9 cm³/mol. The predicted octanol–water partition coefficient (Wildman–Crippen LogP) is 4.29. The number of rotatable bonds is 5. The number of halogens is 2. The van der Waals surface area contributed by atoms with Gasteiger partial charge in [-0.3, -0.25) is 0 Å². The Morgan fingerprint density at radius 2 is 2.21 bits per heavy atom. The first-order valence-corrected chi connectivity index (χ1v) is 7.75. The Morgan fingerprint density at radius 3 is 2.95 bits per heavy atom. The van der Waals surface area contributed by atoms with Crippen LogP contribution in [-0.2, 0) is 0 Å². The quantitative estimate of drug-likeness (QED) is 0.877. The second-order valence-corrected chi connectivity index (χ2v) is 5.97. The standard InChI is InChI=1S/C15H21Cl2NO/c1-2-11-5-4-9-18(11)10-8-14(19)12-6-3-7-13(16)15(12)17/h3,6-7,11,14,19H,2,4-5,8-10H2,1H3. The van der Waals surface area contributed by atoms with Crippen molar-refractivity contribution in [2.75, 3.05) is 13.1 Å². The molecule has 0 amide bonds. The minimum atomic E-state index is -0.538. The van der Waals surface area contributed by atoms with E-state index >= 15 is 0 Å². The Hall–Kier alpha value is -0.280. The van der Waals surface area contributed by atoms with Gasteiger partial charge in [-0.25, -0.2) is 0 Å². The molecule has 2 rings (SSSR count). The second-order valence-electron chi connectivity index (χ2n) is 5.19. The van der Waals surface area contributed by atoms with Crippen LogP contribution < -0.4 is 0 Å². The summed E-state index contributed by atoms with van der Waals surface area (Å²) in [5, 5.41) is 11.3. The first-order valence-electron chi connectivity index (χ1n) is 6.99. The van der Waals surface area contributed by atoms with E-state index in [1.807, 2.05) is 12.1 Å². The summed E-state index contributed by atoms with van der Waals surface area (Å²) in [4.78, 5) is 2.47. The van der Waals surface area contributed by atoms with E-state index in [9.17, 15) is 5.11 Å². The topological polar surface area (TPSA) is 23.5 Å². The van der Waals surface area contributed by atoms with E-state index in [1.54, 1.807) is 6.07 Å². The van der Waals surface area contributed by atoms with Gasteiger partial charge in [0.2, 0.25) is 0 Å². The number of aliphatic hydroxyl groups is 1. The lowest BCUT2D eigenvalue weighted by atomic mass is 10.1. The smallest absolute Gasteiger partial charge is 0.0817 e. The molecule has 1 heterocycles. The van der Waals surface area contributed by atoms with Gasteiger partial charge < -0.3 is 10.0 Å². The molecular formula is C15H21Cl2NO. The van der Waals surface area contributed by atoms with E-state index in [4.69, 9.17) is 23.2 Å². The van der Waals surface area contributed by atoms with Crippen LogP contribution in [0.15, 0.2) is 18.2 Å². The van der Waals surface area contributed by atoms with Gasteiger partial charge in [0.1, 0.15) is 0 Å². The molecule has 0 saturated carbocycles. The molecule has 1 fully saturated rings. The van der Waals surface area contributed by atoms with Crippen molar-refractivity contribution in [3.63, 3.8) is 0 Å². The molecule has 106 valence electrons. The summed E-state index contributed by atoms with van der Waals surface area (Å²) in [5.74, 6) is 0. The fourth-order valence-corrected chi connectivity index (χ4v) is 3.31. The average Bonchev–Trinajstić information content (AvgIpc) is 2.86. The highest BCUT2D eigenvalue weighted by molar-refractivity contribution is 6.42. The van der Waals surface area contributed by atoms with Gasteiger partial charge in [-0.15, -0.1) is 0 Å². The van der Waals surface area contributed by atoms with Gasteiger partial charge >= 0.3 is 0 Å². The molecule has 0 aromatic heterocycles. The van der Waals surface area contributed by atoms with Crippen molar-refractivity contribution >= 4 is 23.2 Å². The van der Waals surface area contributed by atoms with Gasteiger partial charge in [-0.05, 0) is 38.3 Å². The molecule has 1 N–H and O–H groups in total. The Balaban J connectivity index is 1.94. The minimum absolute atomic E-state index is 0.477. The fraction of sp³-hybridized carbons (Fsp3) is 0.600. The van der Waals surface area contributed by atoms with Crippen molar-refractivity contribution in [3.05, 3.63) is 33.8 Å². The summed E-state index contributed by atoms with van der Waals surface area (Å²) in [5.41, 5.74) is 0.737. The first kappa shape index (κ1) is 15.1. The van der Waals surface area contributed by atoms with Crippen LogP contribution in [0.1, 0.15) is 44.3 Å². The number of nitrogens with zero attached hydrogens (tertiary/aromatic N) is 1. The van der Waals surface area contributed by atoms with E-state index in [2.05, 4.69) is 11.8 Å². The molecule has 1 aliphatic heterocycles. The Bertz CT molecular complexity index is 425. The number of likely N-dealkylation sites (tertiary alicyclic amines) is 1. The number of aliphatic hydroxyl groups excluding tert-OH is 1. The lowest BCUT2D eigenvalue weighted by Crippen LogP contribution is -2.30. The minimum Gasteiger partial charge on any atom is -0.388 e.